The first-order valence-corrected chi connectivity index (χ1v) is 12.2. The van der Waals surface area contributed by atoms with Gasteiger partial charge in [0, 0.05) is 11.5 Å². The number of fused-ring (bicyclic) bond motifs is 1. The third kappa shape index (κ3) is 5.67. The van der Waals surface area contributed by atoms with E-state index in [1.54, 1.807) is 12.1 Å². The monoisotopic (exact) mass is 472 g/mol. The SMILES string of the molecule is COc1ccc(OC)c(N([C@@H](C)C(=O)NCCOc2cccc3ccccc23)S(C)(=O)=O)c1. The van der Waals surface area contributed by atoms with Crippen LogP contribution < -0.4 is 23.8 Å². The molecular weight excluding hydrogens is 444 g/mol. The average Bonchev–Trinajstić information content (AvgIpc) is 2.80. The molecule has 0 bridgehead atoms. The van der Waals surface area contributed by atoms with Crippen LogP contribution in [-0.4, -0.2) is 54.0 Å². The number of methoxy groups -OCH3 is 2. The summed E-state index contributed by atoms with van der Waals surface area (Å²) in [4.78, 5) is 12.8. The quantitative estimate of drug-likeness (QED) is 0.456. The van der Waals surface area contributed by atoms with Gasteiger partial charge in [-0.1, -0.05) is 36.4 Å². The summed E-state index contributed by atoms with van der Waals surface area (Å²) >= 11 is 0. The number of amides is 1. The van der Waals surface area contributed by atoms with Gasteiger partial charge >= 0.3 is 0 Å². The van der Waals surface area contributed by atoms with Crippen LogP contribution in [0.4, 0.5) is 5.69 Å². The molecule has 0 aliphatic rings. The molecule has 0 spiro atoms. The molecule has 0 saturated heterocycles. The Morgan fingerprint density at radius 2 is 1.73 bits per heavy atom. The minimum atomic E-state index is -3.81. The van der Waals surface area contributed by atoms with Crippen LogP contribution in [0, 0.1) is 0 Å². The molecule has 0 aliphatic carbocycles. The summed E-state index contributed by atoms with van der Waals surface area (Å²) in [5.41, 5.74) is 0.217. The van der Waals surface area contributed by atoms with Crippen molar-refractivity contribution in [2.75, 3.05) is 37.9 Å². The predicted molar refractivity (Wildman–Crippen MR) is 129 cm³/mol. The first kappa shape index (κ1) is 24.2. The van der Waals surface area contributed by atoms with Crippen LogP contribution in [0.25, 0.3) is 10.8 Å². The topological polar surface area (TPSA) is 94.2 Å². The van der Waals surface area contributed by atoms with Crippen molar-refractivity contribution in [3.05, 3.63) is 60.7 Å². The van der Waals surface area contributed by atoms with Crippen molar-refractivity contribution >= 4 is 32.4 Å². The van der Waals surface area contributed by atoms with E-state index in [4.69, 9.17) is 14.2 Å². The van der Waals surface area contributed by atoms with Crippen molar-refractivity contribution in [2.45, 2.75) is 13.0 Å². The third-order valence-corrected chi connectivity index (χ3v) is 6.35. The van der Waals surface area contributed by atoms with Crippen LogP contribution in [0.2, 0.25) is 0 Å². The molecule has 1 N–H and O–H groups in total. The zero-order valence-electron chi connectivity index (χ0n) is 19.1. The van der Waals surface area contributed by atoms with Gasteiger partial charge in [0.25, 0.3) is 0 Å². The van der Waals surface area contributed by atoms with Crippen molar-refractivity contribution in [2.24, 2.45) is 0 Å². The van der Waals surface area contributed by atoms with Crippen molar-refractivity contribution in [3.63, 3.8) is 0 Å². The number of carbonyl (C=O) groups is 1. The maximum Gasteiger partial charge on any atom is 0.243 e. The minimum absolute atomic E-state index is 0.208. The van der Waals surface area contributed by atoms with Crippen LogP contribution in [-0.2, 0) is 14.8 Å². The number of nitrogens with one attached hydrogen (secondary N) is 1. The van der Waals surface area contributed by atoms with Gasteiger partial charge in [-0.05, 0) is 30.5 Å². The second-order valence-electron chi connectivity index (χ2n) is 7.39. The molecule has 176 valence electrons. The van der Waals surface area contributed by atoms with Crippen molar-refractivity contribution in [1.29, 1.82) is 0 Å². The molecule has 3 aromatic carbocycles. The summed E-state index contributed by atoms with van der Waals surface area (Å²) in [5.74, 6) is 0.997. The normalized spacial score (nSPS) is 12.1. The first-order valence-electron chi connectivity index (χ1n) is 10.4. The molecule has 0 fully saturated rings. The molecular formula is C24H28N2O6S. The molecule has 0 saturated carbocycles. The van der Waals surface area contributed by atoms with Gasteiger partial charge in [-0.3, -0.25) is 9.10 Å². The van der Waals surface area contributed by atoms with Crippen molar-refractivity contribution in [3.8, 4) is 17.2 Å². The zero-order chi connectivity index (χ0) is 24.0. The Kier molecular flexibility index (Phi) is 7.65. The number of hydrogen-bond acceptors (Lipinski definition) is 6. The van der Waals surface area contributed by atoms with Gasteiger partial charge in [-0.15, -0.1) is 0 Å². The lowest BCUT2D eigenvalue weighted by Crippen LogP contribution is -2.48. The van der Waals surface area contributed by atoms with E-state index in [9.17, 15) is 13.2 Å². The van der Waals surface area contributed by atoms with E-state index in [0.717, 1.165) is 21.3 Å². The lowest BCUT2D eigenvalue weighted by molar-refractivity contribution is -0.121. The van der Waals surface area contributed by atoms with Gasteiger partial charge in [0.05, 0.1) is 32.7 Å². The van der Waals surface area contributed by atoms with E-state index in [-0.39, 0.29) is 18.8 Å². The largest absolute Gasteiger partial charge is 0.497 e. The molecule has 8 nitrogen and oxygen atoms in total. The van der Waals surface area contributed by atoms with Crippen LogP contribution in [0.5, 0.6) is 17.2 Å². The van der Waals surface area contributed by atoms with E-state index in [1.165, 1.54) is 27.2 Å². The Labute approximate surface area is 194 Å². The van der Waals surface area contributed by atoms with Gasteiger partial charge in [0.15, 0.2) is 0 Å². The summed E-state index contributed by atoms with van der Waals surface area (Å²) in [6, 6.07) is 17.4. The molecule has 3 aromatic rings. The Balaban J connectivity index is 1.70. The van der Waals surface area contributed by atoms with Crippen LogP contribution in [0.15, 0.2) is 60.7 Å². The van der Waals surface area contributed by atoms with E-state index < -0.39 is 22.0 Å². The minimum Gasteiger partial charge on any atom is -0.497 e. The van der Waals surface area contributed by atoms with Crippen molar-refractivity contribution in [1.82, 2.24) is 5.32 Å². The lowest BCUT2D eigenvalue weighted by atomic mass is 10.1. The maximum absolute atomic E-state index is 12.8. The maximum atomic E-state index is 12.8. The standard InChI is InChI=1S/C24H28N2O6S/c1-17(26(33(4,28)29)21-16-19(30-2)12-13-23(21)31-3)24(27)25-14-15-32-22-11-7-9-18-8-5-6-10-20(18)22/h5-13,16-17H,14-15H2,1-4H3,(H,25,27)/t17-/m0/s1. The zero-order valence-corrected chi connectivity index (χ0v) is 19.9. The summed E-state index contributed by atoms with van der Waals surface area (Å²) in [6.45, 7) is 1.95. The fourth-order valence-corrected chi connectivity index (χ4v) is 4.72. The summed E-state index contributed by atoms with van der Waals surface area (Å²) in [7, 11) is -0.906. The Morgan fingerprint density at radius 1 is 1.00 bits per heavy atom. The van der Waals surface area contributed by atoms with Gasteiger partial charge in [-0.2, -0.15) is 0 Å². The van der Waals surface area contributed by atoms with E-state index in [0.29, 0.717) is 17.2 Å². The molecule has 0 unspecified atom stereocenters. The van der Waals surface area contributed by atoms with Crippen LogP contribution in [0.3, 0.4) is 0 Å². The number of benzene rings is 3. The fourth-order valence-electron chi connectivity index (χ4n) is 3.55. The summed E-state index contributed by atoms with van der Waals surface area (Å²) < 4.78 is 42.6. The number of ether oxygens (including phenoxy) is 3. The highest BCUT2D eigenvalue weighted by Gasteiger charge is 2.31. The van der Waals surface area contributed by atoms with Gasteiger partial charge < -0.3 is 19.5 Å². The highest BCUT2D eigenvalue weighted by atomic mass is 32.2. The smallest absolute Gasteiger partial charge is 0.243 e. The average molecular weight is 473 g/mol. The second kappa shape index (κ2) is 10.4. The Bertz CT molecular complexity index is 1220. The van der Waals surface area contributed by atoms with E-state index >= 15 is 0 Å². The molecule has 0 radical (unpaired) electrons. The summed E-state index contributed by atoms with van der Waals surface area (Å²) in [6.07, 6.45) is 1.04. The molecule has 9 heteroatoms. The second-order valence-corrected chi connectivity index (χ2v) is 9.25. The number of rotatable bonds is 10. The molecule has 0 aliphatic heterocycles. The number of anilines is 1. The number of hydrogen-bond donors (Lipinski definition) is 1. The first-order chi connectivity index (χ1) is 15.8. The Morgan fingerprint density at radius 3 is 2.42 bits per heavy atom. The molecule has 3 rings (SSSR count). The molecule has 1 atom stereocenters. The molecule has 1 amide bonds. The van der Waals surface area contributed by atoms with E-state index in [2.05, 4.69) is 5.32 Å². The van der Waals surface area contributed by atoms with Crippen LogP contribution >= 0.6 is 0 Å². The highest BCUT2D eigenvalue weighted by molar-refractivity contribution is 7.92. The third-order valence-electron chi connectivity index (χ3n) is 5.12. The highest BCUT2D eigenvalue weighted by Crippen LogP contribution is 2.35. The van der Waals surface area contributed by atoms with E-state index in [1.807, 2.05) is 42.5 Å². The number of nitrogens with zero attached hydrogens (tertiary/aromatic N) is 1. The lowest BCUT2D eigenvalue weighted by Gasteiger charge is -2.29. The molecule has 33 heavy (non-hydrogen) atoms. The van der Waals surface area contributed by atoms with Crippen molar-refractivity contribution < 1.29 is 27.4 Å². The summed E-state index contributed by atoms with van der Waals surface area (Å²) in [5, 5.41) is 4.79. The number of carbonyl (C=O) groups excluding carboxylic acids is 1. The van der Waals surface area contributed by atoms with Gasteiger partial charge in [-0.25, -0.2) is 8.42 Å². The Hall–Kier alpha value is -3.46. The van der Waals surface area contributed by atoms with Crippen LogP contribution in [0.1, 0.15) is 6.92 Å². The van der Waals surface area contributed by atoms with Gasteiger partial charge in [0.1, 0.15) is 29.9 Å². The van der Waals surface area contributed by atoms with Gasteiger partial charge in [0.2, 0.25) is 15.9 Å². The predicted octanol–water partition coefficient (Wildman–Crippen LogP) is 3.21. The fraction of sp³-hybridized carbons (Fsp3) is 0.292. The molecule has 0 heterocycles. The number of sulfonamides is 1. The molecule has 0 aromatic heterocycles.